The lowest BCUT2D eigenvalue weighted by Gasteiger charge is -2.11. The molecule has 0 saturated heterocycles. The van der Waals surface area contributed by atoms with Gasteiger partial charge in [0.15, 0.2) is 0 Å². The van der Waals surface area contributed by atoms with Gasteiger partial charge in [0.2, 0.25) is 0 Å². The van der Waals surface area contributed by atoms with E-state index < -0.39 is 0 Å². The number of anilines is 2. The molecule has 1 unspecified atom stereocenters. The average Bonchev–Trinajstić information content (AvgIpc) is 2.36. The van der Waals surface area contributed by atoms with E-state index in [0.29, 0.717) is 19.4 Å². The standard InChI is InChI=1S/C12H21N3O.CH4O/c1-9-8-10(2-3-12(9)14)15-7-5-11(16)4-6-13;1-2/h2-3,8,11,15-16H,4-7,13-14H2,1H3;2H,1H3. The van der Waals surface area contributed by atoms with Crippen molar-refractivity contribution in [3.63, 3.8) is 0 Å². The van der Waals surface area contributed by atoms with Gasteiger partial charge in [-0.1, -0.05) is 0 Å². The van der Waals surface area contributed by atoms with Gasteiger partial charge in [0, 0.05) is 25.0 Å². The molecule has 1 aromatic carbocycles. The predicted molar refractivity (Wildman–Crippen MR) is 76.5 cm³/mol. The highest BCUT2D eigenvalue weighted by molar-refractivity contribution is 5.56. The molecule has 104 valence electrons. The van der Waals surface area contributed by atoms with Crippen LogP contribution in [0.1, 0.15) is 18.4 Å². The van der Waals surface area contributed by atoms with Crippen LogP contribution in [0.15, 0.2) is 18.2 Å². The number of aliphatic hydroxyl groups is 2. The fourth-order valence-electron chi connectivity index (χ4n) is 1.51. The lowest BCUT2D eigenvalue weighted by Crippen LogP contribution is -2.17. The maximum atomic E-state index is 9.49. The lowest BCUT2D eigenvalue weighted by molar-refractivity contribution is 0.161. The maximum absolute atomic E-state index is 9.49. The first kappa shape index (κ1) is 16.7. The van der Waals surface area contributed by atoms with E-state index in [-0.39, 0.29) is 6.10 Å². The highest BCUT2D eigenvalue weighted by Gasteiger charge is 2.02. The number of hydrogen-bond acceptors (Lipinski definition) is 5. The molecule has 0 spiro atoms. The summed E-state index contributed by atoms with van der Waals surface area (Å²) in [7, 11) is 1.00. The smallest absolute Gasteiger partial charge is 0.0569 e. The third-order valence-corrected chi connectivity index (χ3v) is 2.58. The summed E-state index contributed by atoms with van der Waals surface area (Å²) in [6, 6.07) is 5.83. The van der Waals surface area contributed by atoms with Crippen molar-refractivity contribution in [2.45, 2.75) is 25.9 Å². The van der Waals surface area contributed by atoms with Crippen LogP contribution in [0.5, 0.6) is 0 Å². The van der Waals surface area contributed by atoms with E-state index in [2.05, 4.69) is 5.32 Å². The van der Waals surface area contributed by atoms with Crippen LogP contribution in [0.3, 0.4) is 0 Å². The van der Waals surface area contributed by atoms with Crippen LogP contribution in [0.25, 0.3) is 0 Å². The maximum Gasteiger partial charge on any atom is 0.0569 e. The van der Waals surface area contributed by atoms with Crippen LogP contribution in [0.2, 0.25) is 0 Å². The van der Waals surface area contributed by atoms with Crippen LogP contribution in [0.4, 0.5) is 11.4 Å². The van der Waals surface area contributed by atoms with Gasteiger partial charge in [0.05, 0.1) is 6.10 Å². The summed E-state index contributed by atoms with van der Waals surface area (Å²) in [4.78, 5) is 0. The van der Waals surface area contributed by atoms with Crippen molar-refractivity contribution in [1.82, 2.24) is 0 Å². The monoisotopic (exact) mass is 255 g/mol. The van der Waals surface area contributed by atoms with Gasteiger partial charge < -0.3 is 27.0 Å². The third-order valence-electron chi connectivity index (χ3n) is 2.58. The zero-order valence-corrected chi connectivity index (χ0v) is 11.2. The Morgan fingerprint density at radius 3 is 2.50 bits per heavy atom. The molecule has 1 atom stereocenters. The molecule has 0 aromatic heterocycles. The first-order chi connectivity index (χ1) is 8.63. The summed E-state index contributed by atoms with van der Waals surface area (Å²) in [5.74, 6) is 0. The van der Waals surface area contributed by atoms with Crippen LogP contribution in [-0.2, 0) is 0 Å². The topological polar surface area (TPSA) is 105 Å². The molecule has 1 rings (SSSR count). The molecular weight excluding hydrogens is 230 g/mol. The van der Waals surface area contributed by atoms with Crippen LogP contribution in [-0.4, -0.2) is 36.5 Å². The van der Waals surface area contributed by atoms with E-state index in [1.165, 1.54) is 0 Å². The first-order valence-corrected chi connectivity index (χ1v) is 6.06. The van der Waals surface area contributed by atoms with Crippen molar-refractivity contribution in [2.75, 3.05) is 31.2 Å². The second kappa shape index (κ2) is 9.70. The Hall–Kier alpha value is -1.30. The van der Waals surface area contributed by atoms with Crippen LogP contribution in [0, 0.1) is 6.92 Å². The van der Waals surface area contributed by atoms with Gasteiger partial charge in [0.25, 0.3) is 0 Å². The van der Waals surface area contributed by atoms with Crippen LogP contribution < -0.4 is 16.8 Å². The summed E-state index contributed by atoms with van der Waals surface area (Å²) >= 11 is 0. The fourth-order valence-corrected chi connectivity index (χ4v) is 1.51. The Morgan fingerprint density at radius 1 is 1.28 bits per heavy atom. The third kappa shape index (κ3) is 6.44. The second-order valence-corrected chi connectivity index (χ2v) is 4.02. The normalized spacial score (nSPS) is 11.4. The summed E-state index contributed by atoms with van der Waals surface area (Å²) in [5.41, 5.74) is 14.0. The number of aryl methyl sites for hydroxylation is 1. The highest BCUT2D eigenvalue weighted by atomic mass is 16.3. The van der Waals surface area contributed by atoms with Gasteiger partial charge in [-0.05, 0) is 50.1 Å². The molecule has 0 aliphatic carbocycles. The summed E-state index contributed by atoms with van der Waals surface area (Å²) in [6.07, 6.45) is 1.05. The highest BCUT2D eigenvalue weighted by Crippen LogP contribution is 2.16. The van der Waals surface area contributed by atoms with Crippen molar-refractivity contribution in [1.29, 1.82) is 0 Å². The lowest BCUT2D eigenvalue weighted by atomic mass is 10.1. The molecule has 0 saturated carbocycles. The quantitative estimate of drug-likeness (QED) is 0.481. The molecule has 0 heterocycles. The Morgan fingerprint density at radius 2 is 1.94 bits per heavy atom. The van der Waals surface area contributed by atoms with Crippen molar-refractivity contribution < 1.29 is 10.2 Å². The number of rotatable bonds is 6. The molecule has 18 heavy (non-hydrogen) atoms. The van der Waals surface area contributed by atoms with Crippen molar-refractivity contribution in [3.8, 4) is 0 Å². The van der Waals surface area contributed by atoms with E-state index in [0.717, 1.165) is 30.6 Å². The number of nitrogens with one attached hydrogen (secondary N) is 1. The minimum atomic E-state index is -0.313. The van der Waals surface area contributed by atoms with Crippen molar-refractivity contribution >= 4 is 11.4 Å². The average molecular weight is 255 g/mol. The zero-order chi connectivity index (χ0) is 14.0. The summed E-state index contributed by atoms with van der Waals surface area (Å²) in [5, 5.41) is 19.7. The molecule has 1 aromatic rings. The second-order valence-electron chi connectivity index (χ2n) is 4.02. The number of nitrogen functional groups attached to an aromatic ring is 1. The minimum absolute atomic E-state index is 0.313. The molecule has 5 nitrogen and oxygen atoms in total. The molecule has 0 fully saturated rings. The Bertz CT molecular complexity index is 332. The molecule has 0 radical (unpaired) electrons. The van der Waals surface area contributed by atoms with E-state index in [9.17, 15) is 5.11 Å². The van der Waals surface area contributed by atoms with Gasteiger partial charge in [-0.3, -0.25) is 0 Å². The van der Waals surface area contributed by atoms with Gasteiger partial charge in [-0.15, -0.1) is 0 Å². The van der Waals surface area contributed by atoms with E-state index >= 15 is 0 Å². The van der Waals surface area contributed by atoms with Crippen molar-refractivity contribution in [2.24, 2.45) is 5.73 Å². The predicted octanol–water partition coefficient (Wildman–Crippen LogP) is 0.697. The van der Waals surface area contributed by atoms with E-state index in [4.69, 9.17) is 16.6 Å². The van der Waals surface area contributed by atoms with E-state index in [1.54, 1.807) is 0 Å². The Labute approximate surface area is 109 Å². The molecule has 0 bridgehead atoms. The Balaban J connectivity index is 0.00000137. The number of nitrogens with two attached hydrogens (primary N) is 2. The zero-order valence-electron chi connectivity index (χ0n) is 11.2. The molecule has 0 amide bonds. The van der Waals surface area contributed by atoms with Gasteiger partial charge in [-0.2, -0.15) is 0 Å². The number of hydrogen-bond donors (Lipinski definition) is 5. The largest absolute Gasteiger partial charge is 0.400 e. The number of benzene rings is 1. The molecule has 7 N–H and O–H groups in total. The van der Waals surface area contributed by atoms with Gasteiger partial charge in [-0.25, -0.2) is 0 Å². The van der Waals surface area contributed by atoms with Crippen molar-refractivity contribution in [3.05, 3.63) is 23.8 Å². The molecule has 0 aliphatic rings. The molecule has 0 aliphatic heterocycles. The van der Waals surface area contributed by atoms with E-state index in [1.807, 2.05) is 25.1 Å². The first-order valence-electron chi connectivity index (χ1n) is 6.06. The van der Waals surface area contributed by atoms with Gasteiger partial charge in [0.1, 0.15) is 0 Å². The minimum Gasteiger partial charge on any atom is -0.400 e. The molecule has 5 heteroatoms. The number of aliphatic hydroxyl groups excluding tert-OH is 2. The SMILES string of the molecule is CO.Cc1cc(NCCC(O)CCN)ccc1N. The summed E-state index contributed by atoms with van der Waals surface area (Å²) < 4.78 is 0. The summed E-state index contributed by atoms with van der Waals surface area (Å²) in [6.45, 7) is 3.25. The molecular formula is C13H25N3O2. The van der Waals surface area contributed by atoms with Crippen LogP contribution >= 0.6 is 0 Å². The Kier molecular flexibility index (Phi) is 9.00. The fraction of sp³-hybridized carbons (Fsp3) is 0.538. The van der Waals surface area contributed by atoms with Gasteiger partial charge >= 0.3 is 0 Å².